The minimum atomic E-state index is 0. The summed E-state index contributed by atoms with van der Waals surface area (Å²) in [5, 5.41) is 13.3. The van der Waals surface area contributed by atoms with Gasteiger partial charge in [-0.05, 0) is 55.3 Å². The molecule has 0 amide bonds. The molecule has 4 heterocycles. The first-order valence-electron chi connectivity index (χ1n) is 13.7. The number of aryl methyl sites for hydroxylation is 1. The molecule has 0 aliphatic heterocycles. The van der Waals surface area contributed by atoms with Crippen LogP contribution in [-0.2, 0) is 31.3 Å². The Morgan fingerprint density at radius 3 is 2.23 bits per heavy atom. The number of nitrogens with zero attached hydrogens (tertiary/aromatic N) is 1. The summed E-state index contributed by atoms with van der Waals surface area (Å²) in [5.74, 6) is 0.547. The molecule has 39 heavy (non-hydrogen) atoms. The van der Waals surface area contributed by atoms with Gasteiger partial charge < -0.3 is 10.1 Å². The largest absolute Gasteiger partial charge is 0.512 e. The van der Waals surface area contributed by atoms with Crippen molar-refractivity contribution in [2.24, 2.45) is 17.3 Å². The van der Waals surface area contributed by atoms with Crippen molar-refractivity contribution >= 4 is 59.3 Å². The molecule has 0 bridgehead atoms. The SMILES string of the molecule is CCC(CC)C(=O)/C=C(\O)C(CC)CC.Cc1[c-]c(-c2nccc3c2sc2cc(CC(C)(C)C)sc23)sc1.[Ir]. The van der Waals surface area contributed by atoms with Crippen LogP contribution in [0, 0.1) is 30.2 Å². The van der Waals surface area contributed by atoms with Crippen LogP contribution in [0.4, 0.5) is 0 Å². The number of pyridine rings is 1. The molecule has 0 aliphatic carbocycles. The molecule has 0 spiro atoms. The molecule has 0 saturated heterocycles. The zero-order valence-electron chi connectivity index (χ0n) is 24.4. The zero-order chi connectivity index (χ0) is 28.0. The molecule has 4 aromatic heterocycles. The van der Waals surface area contributed by atoms with Crippen LogP contribution in [0.1, 0.15) is 84.6 Å². The Balaban J connectivity index is 0.000000294. The van der Waals surface area contributed by atoms with E-state index in [9.17, 15) is 9.90 Å². The van der Waals surface area contributed by atoms with E-state index in [-0.39, 0.29) is 43.5 Å². The van der Waals surface area contributed by atoms with Gasteiger partial charge in [0.05, 0.1) is 10.5 Å². The van der Waals surface area contributed by atoms with Crippen LogP contribution in [0.2, 0.25) is 0 Å². The number of fused-ring (bicyclic) bond motifs is 3. The molecule has 4 rings (SSSR count). The van der Waals surface area contributed by atoms with E-state index in [2.05, 4.69) is 56.3 Å². The number of hydrogen-bond donors (Lipinski definition) is 1. The standard InChI is InChI=1S/C19H18NS3.C13H24O2.Ir/c1-11-7-14(21-10-11)16-18-13(5-6-20-16)17-15(23-18)8-12(22-17)9-19(2,3)4;1-5-10(6-2)12(14)9-13(15)11(7-3)8-4;/h5-6,8,10H,9H2,1-4H3;9-11,14H,5-8H2,1-4H3;/q-1;;/b;12-9-;. The summed E-state index contributed by atoms with van der Waals surface area (Å²) in [7, 11) is 0. The molecule has 0 fully saturated rings. The fourth-order valence-corrected chi connectivity index (χ4v) is 8.41. The summed E-state index contributed by atoms with van der Waals surface area (Å²) in [6.07, 6.45) is 7.98. The van der Waals surface area contributed by atoms with Crippen molar-refractivity contribution in [1.29, 1.82) is 0 Å². The van der Waals surface area contributed by atoms with Crippen LogP contribution < -0.4 is 0 Å². The van der Waals surface area contributed by atoms with E-state index < -0.39 is 0 Å². The van der Waals surface area contributed by atoms with Gasteiger partial charge in [-0.15, -0.1) is 28.1 Å². The average Bonchev–Trinajstić information content (AvgIpc) is 3.54. The molecule has 1 N–H and O–H groups in total. The van der Waals surface area contributed by atoms with Gasteiger partial charge in [0.2, 0.25) is 0 Å². The predicted molar refractivity (Wildman–Crippen MR) is 169 cm³/mol. The maximum atomic E-state index is 11.7. The van der Waals surface area contributed by atoms with Crippen LogP contribution in [0.25, 0.3) is 30.1 Å². The average molecular weight is 761 g/mol. The Bertz CT molecular complexity index is 1380. The van der Waals surface area contributed by atoms with E-state index in [1.807, 2.05) is 56.6 Å². The molecule has 3 nitrogen and oxygen atoms in total. The van der Waals surface area contributed by atoms with Crippen LogP contribution in [0.3, 0.4) is 0 Å². The summed E-state index contributed by atoms with van der Waals surface area (Å²) in [6.45, 7) is 17.1. The predicted octanol–water partition coefficient (Wildman–Crippen LogP) is 10.8. The number of ketones is 1. The minimum absolute atomic E-state index is 0. The van der Waals surface area contributed by atoms with Crippen molar-refractivity contribution < 1.29 is 30.0 Å². The molecule has 4 aromatic rings. The Morgan fingerprint density at radius 2 is 1.69 bits per heavy atom. The van der Waals surface area contributed by atoms with Gasteiger partial charge in [-0.25, -0.2) is 11.3 Å². The van der Waals surface area contributed by atoms with Crippen LogP contribution in [0.15, 0.2) is 35.5 Å². The van der Waals surface area contributed by atoms with E-state index in [1.54, 1.807) is 11.3 Å². The first kappa shape index (κ1) is 33.8. The molecular weight excluding hydrogens is 719 g/mol. The zero-order valence-corrected chi connectivity index (χ0v) is 29.3. The van der Waals surface area contributed by atoms with Crippen molar-refractivity contribution in [3.63, 3.8) is 0 Å². The Kier molecular flexibility index (Phi) is 13.0. The maximum absolute atomic E-state index is 11.7. The fourth-order valence-electron chi connectivity index (χ4n) is 4.58. The number of carbonyl (C=O) groups is 1. The van der Waals surface area contributed by atoms with Gasteiger partial charge >= 0.3 is 0 Å². The monoisotopic (exact) mass is 761 g/mol. The van der Waals surface area contributed by atoms with Crippen molar-refractivity contribution in [3.05, 3.63) is 52.1 Å². The van der Waals surface area contributed by atoms with Gasteiger partial charge in [0, 0.05) is 63.9 Å². The van der Waals surface area contributed by atoms with Gasteiger partial charge in [-0.2, -0.15) is 11.6 Å². The Hall–Kier alpha value is -1.37. The number of carbonyl (C=O) groups excluding carboxylic acids is 1. The molecule has 0 aliphatic rings. The Labute approximate surface area is 260 Å². The number of allylic oxidation sites excluding steroid dienone is 2. The van der Waals surface area contributed by atoms with Gasteiger partial charge in [0.25, 0.3) is 0 Å². The van der Waals surface area contributed by atoms with E-state index >= 15 is 0 Å². The number of rotatable bonds is 9. The van der Waals surface area contributed by atoms with Gasteiger partial charge in [0.15, 0.2) is 5.78 Å². The van der Waals surface area contributed by atoms with E-state index in [0.29, 0.717) is 5.41 Å². The summed E-state index contributed by atoms with van der Waals surface area (Å²) in [5.41, 5.74) is 2.61. The van der Waals surface area contributed by atoms with Crippen LogP contribution in [-0.4, -0.2) is 15.9 Å². The van der Waals surface area contributed by atoms with Crippen molar-refractivity contribution in [3.8, 4) is 10.6 Å². The third-order valence-electron chi connectivity index (χ3n) is 6.78. The van der Waals surface area contributed by atoms with Crippen LogP contribution in [0.5, 0.6) is 0 Å². The molecule has 1 radical (unpaired) electrons. The quantitative estimate of drug-likeness (QED) is 0.105. The Morgan fingerprint density at radius 1 is 1.05 bits per heavy atom. The maximum Gasteiger partial charge on any atom is 0.162 e. The summed E-state index contributed by atoms with van der Waals surface area (Å²) in [6, 6.07) is 7.97. The molecule has 7 heteroatoms. The molecule has 0 saturated carbocycles. The first-order chi connectivity index (χ1) is 18.0. The topological polar surface area (TPSA) is 50.2 Å². The number of hydrogen-bond acceptors (Lipinski definition) is 6. The van der Waals surface area contributed by atoms with E-state index in [4.69, 9.17) is 0 Å². The molecule has 0 unspecified atom stereocenters. The number of aromatic nitrogens is 1. The van der Waals surface area contributed by atoms with Crippen molar-refractivity contribution in [1.82, 2.24) is 4.98 Å². The summed E-state index contributed by atoms with van der Waals surface area (Å²) in [4.78, 5) is 19.0. The smallest absolute Gasteiger partial charge is 0.162 e. The second kappa shape index (κ2) is 15.0. The molecule has 0 aromatic carbocycles. The molecule has 0 atom stereocenters. The van der Waals surface area contributed by atoms with Gasteiger partial charge in [-0.3, -0.25) is 4.79 Å². The van der Waals surface area contributed by atoms with Crippen molar-refractivity contribution in [2.75, 3.05) is 0 Å². The van der Waals surface area contributed by atoms with E-state index in [0.717, 1.165) is 42.7 Å². The second-order valence-electron chi connectivity index (χ2n) is 11.2. The minimum Gasteiger partial charge on any atom is -0.512 e. The third kappa shape index (κ3) is 8.81. The van der Waals surface area contributed by atoms with Crippen molar-refractivity contribution in [2.45, 2.75) is 87.5 Å². The number of aliphatic hydroxyl groups excluding tert-OH is 1. The fraction of sp³-hybridized carbons (Fsp3) is 0.500. The number of thiophene rings is 3. The second-order valence-corrected chi connectivity index (χ2v) is 14.2. The van der Waals surface area contributed by atoms with E-state index in [1.165, 1.54) is 36.0 Å². The molecule has 215 valence electrons. The number of aliphatic hydroxyl groups is 1. The normalized spacial score (nSPS) is 12.2. The van der Waals surface area contributed by atoms with Gasteiger partial charge in [-0.1, -0.05) is 60.3 Å². The summed E-state index contributed by atoms with van der Waals surface area (Å²) < 4.78 is 4.11. The third-order valence-corrected chi connectivity index (χ3v) is 10.2. The van der Waals surface area contributed by atoms with Crippen LogP contribution >= 0.6 is 34.0 Å². The first-order valence-corrected chi connectivity index (χ1v) is 16.2. The van der Waals surface area contributed by atoms with Gasteiger partial charge in [0.1, 0.15) is 0 Å². The molecular formula is C32H42IrNO2S3-. The summed E-state index contributed by atoms with van der Waals surface area (Å²) >= 11 is 5.55.